The normalized spacial score (nSPS) is 12.9. The second-order valence-electron chi connectivity index (χ2n) is 5.00. The molecule has 20 heavy (non-hydrogen) atoms. The fraction of sp³-hybridized carbons (Fsp3) is 0.900. The van der Waals surface area contributed by atoms with Crippen LogP contribution in [0.1, 0.15) is 20.8 Å². The zero-order chi connectivity index (χ0) is 15.2. The molecule has 1 aromatic rings. The molecule has 0 aliphatic rings. The van der Waals surface area contributed by atoms with Gasteiger partial charge in [-0.05, 0) is 31.2 Å². The summed E-state index contributed by atoms with van der Waals surface area (Å²) in [5, 5.41) is 15.0. The lowest BCUT2D eigenvalue weighted by molar-refractivity contribution is -0.0326. The van der Waals surface area contributed by atoms with Crippen molar-refractivity contribution in [1.82, 2.24) is 25.5 Å². The maximum Gasteiger partial charge on any atom is 0.441 e. The highest BCUT2D eigenvalue weighted by Crippen LogP contribution is 2.31. The monoisotopic (exact) mass is 329 g/mol. The second-order valence-corrected chi connectivity index (χ2v) is 7.23. The number of hydrogen-bond donors (Lipinski definition) is 1. The first-order chi connectivity index (χ1) is 9.17. The van der Waals surface area contributed by atoms with Gasteiger partial charge < -0.3 is 5.32 Å². The van der Waals surface area contributed by atoms with Crippen LogP contribution in [0.4, 0.5) is 13.2 Å². The van der Waals surface area contributed by atoms with Gasteiger partial charge in [0.1, 0.15) is 0 Å². The van der Waals surface area contributed by atoms with E-state index in [0.717, 1.165) is 0 Å². The minimum absolute atomic E-state index is 0.00463. The molecule has 1 N–H and O–H groups in total. The van der Waals surface area contributed by atoms with Crippen molar-refractivity contribution in [2.45, 2.75) is 43.5 Å². The van der Waals surface area contributed by atoms with E-state index in [9.17, 15) is 13.2 Å². The summed E-state index contributed by atoms with van der Waals surface area (Å²) >= 11 is 1.20. The average molecular weight is 329 g/mol. The summed E-state index contributed by atoms with van der Waals surface area (Å²) in [4.78, 5) is 0. The molecule has 0 fully saturated rings. The molecule has 0 aromatic carbocycles. The SMILES string of the molecule is CC(C)(C)NCCn1nnnc1SCCSC(F)(F)F. The molecule has 1 rings (SSSR count). The first kappa shape index (κ1) is 17.6. The number of tetrazole rings is 1. The zero-order valence-corrected chi connectivity index (χ0v) is 13.2. The average Bonchev–Trinajstić information content (AvgIpc) is 2.69. The van der Waals surface area contributed by atoms with Crippen LogP contribution in [0.25, 0.3) is 0 Å². The van der Waals surface area contributed by atoms with Crippen LogP contribution in [0.2, 0.25) is 0 Å². The molecule has 0 saturated carbocycles. The van der Waals surface area contributed by atoms with Crippen molar-refractivity contribution in [3.05, 3.63) is 0 Å². The summed E-state index contributed by atoms with van der Waals surface area (Å²) in [6.07, 6.45) is 0. The van der Waals surface area contributed by atoms with E-state index in [1.807, 2.05) is 0 Å². The third-order valence-electron chi connectivity index (χ3n) is 2.06. The number of nitrogens with one attached hydrogen (secondary N) is 1. The van der Waals surface area contributed by atoms with Crippen molar-refractivity contribution >= 4 is 23.5 Å². The molecule has 1 aromatic heterocycles. The Labute approximate surface area is 124 Å². The van der Waals surface area contributed by atoms with Crippen LogP contribution in [-0.4, -0.2) is 49.3 Å². The maximum absolute atomic E-state index is 12.0. The highest BCUT2D eigenvalue weighted by Gasteiger charge is 2.27. The number of hydrogen-bond acceptors (Lipinski definition) is 6. The fourth-order valence-corrected chi connectivity index (χ4v) is 2.72. The Kier molecular flexibility index (Phi) is 6.59. The van der Waals surface area contributed by atoms with E-state index in [-0.39, 0.29) is 23.1 Å². The number of thioether (sulfide) groups is 2. The van der Waals surface area contributed by atoms with Gasteiger partial charge in [0, 0.05) is 23.6 Å². The summed E-state index contributed by atoms with van der Waals surface area (Å²) in [6.45, 7) is 7.43. The largest absolute Gasteiger partial charge is 0.441 e. The Morgan fingerprint density at radius 2 is 1.90 bits per heavy atom. The Balaban J connectivity index is 2.32. The predicted molar refractivity (Wildman–Crippen MR) is 74.8 cm³/mol. The van der Waals surface area contributed by atoms with Gasteiger partial charge in [0.15, 0.2) is 0 Å². The molecule has 1 heterocycles. The standard InChI is InChI=1S/C10H18F3N5S2/c1-9(2,3)14-4-5-18-8(15-16-17-18)19-6-7-20-10(11,12)13/h14H,4-7H2,1-3H3. The lowest BCUT2D eigenvalue weighted by Gasteiger charge is -2.20. The van der Waals surface area contributed by atoms with Crippen LogP contribution in [0, 0.1) is 0 Å². The molecule has 0 atom stereocenters. The number of rotatable bonds is 7. The van der Waals surface area contributed by atoms with Gasteiger partial charge in [-0.1, -0.05) is 23.5 Å². The third kappa shape index (κ3) is 7.95. The van der Waals surface area contributed by atoms with Gasteiger partial charge in [0.05, 0.1) is 6.54 Å². The highest BCUT2D eigenvalue weighted by molar-refractivity contribution is 8.03. The van der Waals surface area contributed by atoms with Crippen LogP contribution in [0.3, 0.4) is 0 Å². The second kappa shape index (κ2) is 7.51. The van der Waals surface area contributed by atoms with E-state index in [0.29, 0.717) is 24.0 Å². The summed E-state index contributed by atoms with van der Waals surface area (Å²) < 4.78 is 37.5. The summed E-state index contributed by atoms with van der Waals surface area (Å²) in [5.74, 6) is 0.304. The summed E-state index contributed by atoms with van der Waals surface area (Å²) in [6, 6.07) is 0. The molecule has 0 aliphatic carbocycles. The molecular formula is C10H18F3N5S2. The summed E-state index contributed by atoms with van der Waals surface area (Å²) in [7, 11) is 0. The molecule has 5 nitrogen and oxygen atoms in total. The first-order valence-electron chi connectivity index (χ1n) is 6.02. The molecule has 10 heteroatoms. The molecule has 0 saturated heterocycles. The van der Waals surface area contributed by atoms with E-state index in [1.165, 1.54) is 11.8 Å². The predicted octanol–water partition coefficient (Wildman–Crippen LogP) is 2.41. The minimum Gasteiger partial charge on any atom is -0.310 e. The molecule has 0 spiro atoms. The number of halogens is 3. The van der Waals surface area contributed by atoms with Crippen molar-refractivity contribution in [3.63, 3.8) is 0 Å². The van der Waals surface area contributed by atoms with E-state index in [4.69, 9.17) is 0 Å². The van der Waals surface area contributed by atoms with Gasteiger partial charge in [0.2, 0.25) is 5.16 Å². The van der Waals surface area contributed by atoms with E-state index < -0.39 is 5.51 Å². The quantitative estimate of drug-likeness (QED) is 0.612. The lowest BCUT2D eigenvalue weighted by Crippen LogP contribution is -2.38. The first-order valence-corrected chi connectivity index (χ1v) is 7.99. The van der Waals surface area contributed by atoms with Gasteiger partial charge in [-0.25, -0.2) is 4.68 Å². The maximum atomic E-state index is 12.0. The van der Waals surface area contributed by atoms with Gasteiger partial charge in [-0.3, -0.25) is 0 Å². The van der Waals surface area contributed by atoms with Crippen molar-refractivity contribution in [3.8, 4) is 0 Å². The van der Waals surface area contributed by atoms with Crippen LogP contribution >= 0.6 is 23.5 Å². The van der Waals surface area contributed by atoms with E-state index in [1.54, 1.807) is 4.68 Å². The van der Waals surface area contributed by atoms with Crippen LogP contribution < -0.4 is 5.32 Å². The van der Waals surface area contributed by atoms with Crippen molar-refractivity contribution < 1.29 is 13.2 Å². The Morgan fingerprint density at radius 3 is 2.50 bits per heavy atom. The molecular weight excluding hydrogens is 311 g/mol. The molecule has 116 valence electrons. The lowest BCUT2D eigenvalue weighted by atomic mass is 10.1. The minimum atomic E-state index is -4.18. The topological polar surface area (TPSA) is 55.6 Å². The molecule has 0 amide bonds. The van der Waals surface area contributed by atoms with Crippen LogP contribution in [-0.2, 0) is 6.54 Å². The molecule has 0 bridgehead atoms. The Morgan fingerprint density at radius 1 is 1.20 bits per heavy atom. The Hall–Kier alpha value is -0.480. The van der Waals surface area contributed by atoms with Crippen molar-refractivity contribution in [1.29, 1.82) is 0 Å². The number of aromatic nitrogens is 4. The Bertz CT molecular complexity index is 402. The molecule has 0 aliphatic heterocycles. The molecule has 0 unspecified atom stereocenters. The van der Waals surface area contributed by atoms with Crippen molar-refractivity contribution in [2.75, 3.05) is 18.1 Å². The van der Waals surface area contributed by atoms with Crippen molar-refractivity contribution in [2.24, 2.45) is 0 Å². The number of nitrogens with zero attached hydrogens (tertiary/aromatic N) is 4. The van der Waals surface area contributed by atoms with E-state index >= 15 is 0 Å². The van der Waals surface area contributed by atoms with Gasteiger partial charge in [-0.15, -0.1) is 5.10 Å². The number of alkyl halides is 3. The molecule has 0 radical (unpaired) electrons. The third-order valence-corrected chi connectivity index (χ3v) is 4.01. The van der Waals surface area contributed by atoms with Gasteiger partial charge in [0.25, 0.3) is 0 Å². The zero-order valence-electron chi connectivity index (χ0n) is 11.6. The van der Waals surface area contributed by atoms with E-state index in [2.05, 4.69) is 41.6 Å². The highest BCUT2D eigenvalue weighted by atomic mass is 32.2. The fourth-order valence-electron chi connectivity index (χ4n) is 1.27. The van der Waals surface area contributed by atoms with Gasteiger partial charge >= 0.3 is 5.51 Å². The van der Waals surface area contributed by atoms with Crippen LogP contribution in [0.15, 0.2) is 5.16 Å². The summed E-state index contributed by atoms with van der Waals surface area (Å²) in [5.41, 5.74) is -4.17. The smallest absolute Gasteiger partial charge is 0.310 e. The van der Waals surface area contributed by atoms with Gasteiger partial charge in [-0.2, -0.15) is 13.2 Å². The van der Waals surface area contributed by atoms with Crippen LogP contribution in [0.5, 0.6) is 0 Å².